The lowest BCUT2D eigenvalue weighted by atomic mass is 9.89. The number of halogens is 1. The van der Waals surface area contributed by atoms with E-state index in [0.717, 1.165) is 0 Å². The van der Waals surface area contributed by atoms with E-state index in [-0.39, 0.29) is 39.0 Å². The van der Waals surface area contributed by atoms with Gasteiger partial charge in [-0.3, -0.25) is 9.59 Å². The van der Waals surface area contributed by atoms with Crippen LogP contribution in [-0.2, 0) is 25.8 Å². The number of hydrogen-bond acceptors (Lipinski definition) is 5. The van der Waals surface area contributed by atoms with Gasteiger partial charge in [-0.15, -0.1) is 0 Å². The van der Waals surface area contributed by atoms with Crippen LogP contribution in [0.4, 0.5) is 0 Å². The van der Waals surface area contributed by atoms with Gasteiger partial charge in [-0.05, 0) is 30.5 Å². The SMILES string of the molecule is COC1=C(C(=O)c2ccc3c(c2Cl)CCS3(=O)=O)C(=O)CCC1. The minimum Gasteiger partial charge on any atom is -0.500 e. The maximum Gasteiger partial charge on any atom is 0.201 e. The fraction of sp³-hybridized carbons (Fsp3) is 0.375. The zero-order valence-electron chi connectivity index (χ0n) is 12.5. The fourth-order valence-electron chi connectivity index (χ4n) is 3.06. The van der Waals surface area contributed by atoms with Crippen LogP contribution in [-0.4, -0.2) is 32.8 Å². The molecule has 0 radical (unpaired) electrons. The molecule has 23 heavy (non-hydrogen) atoms. The Morgan fingerprint density at radius 3 is 2.65 bits per heavy atom. The Hall–Kier alpha value is -1.66. The molecule has 1 aromatic carbocycles. The summed E-state index contributed by atoms with van der Waals surface area (Å²) in [5, 5.41) is 0.120. The molecule has 0 aromatic heterocycles. The molecular formula is C16H15ClO5S. The third kappa shape index (κ3) is 2.60. The Morgan fingerprint density at radius 2 is 1.96 bits per heavy atom. The van der Waals surface area contributed by atoms with Gasteiger partial charge in [-0.2, -0.15) is 0 Å². The third-order valence-corrected chi connectivity index (χ3v) is 6.47. The Morgan fingerprint density at radius 1 is 1.22 bits per heavy atom. The van der Waals surface area contributed by atoms with Crippen molar-refractivity contribution in [3.05, 3.63) is 39.6 Å². The van der Waals surface area contributed by atoms with Gasteiger partial charge in [0.2, 0.25) is 5.78 Å². The van der Waals surface area contributed by atoms with E-state index in [1.165, 1.54) is 19.2 Å². The van der Waals surface area contributed by atoms with Gasteiger partial charge in [0, 0.05) is 18.4 Å². The molecule has 1 aliphatic heterocycles. The van der Waals surface area contributed by atoms with E-state index in [1.54, 1.807) is 0 Å². The quantitative estimate of drug-likeness (QED) is 0.615. The van der Waals surface area contributed by atoms with Crippen molar-refractivity contribution in [2.24, 2.45) is 0 Å². The van der Waals surface area contributed by atoms with Crippen LogP contribution < -0.4 is 0 Å². The van der Waals surface area contributed by atoms with Gasteiger partial charge in [0.25, 0.3) is 0 Å². The number of fused-ring (bicyclic) bond motifs is 1. The highest BCUT2D eigenvalue weighted by Gasteiger charge is 2.33. The van der Waals surface area contributed by atoms with Crippen molar-refractivity contribution >= 4 is 33.0 Å². The molecule has 0 amide bonds. The summed E-state index contributed by atoms with van der Waals surface area (Å²) >= 11 is 6.27. The van der Waals surface area contributed by atoms with E-state index in [4.69, 9.17) is 16.3 Å². The predicted octanol–water partition coefficient (Wildman–Crippen LogP) is 2.51. The first kappa shape index (κ1) is 16.2. The Labute approximate surface area is 139 Å². The predicted molar refractivity (Wildman–Crippen MR) is 84.4 cm³/mol. The van der Waals surface area contributed by atoms with Crippen molar-refractivity contribution in [1.29, 1.82) is 0 Å². The smallest absolute Gasteiger partial charge is 0.201 e. The maximum atomic E-state index is 12.8. The van der Waals surface area contributed by atoms with E-state index in [9.17, 15) is 18.0 Å². The second-order valence-corrected chi connectivity index (χ2v) is 8.04. The average molecular weight is 355 g/mol. The summed E-state index contributed by atoms with van der Waals surface area (Å²) in [7, 11) is -1.89. The zero-order chi connectivity index (χ0) is 16.8. The molecule has 0 bridgehead atoms. The lowest BCUT2D eigenvalue weighted by molar-refractivity contribution is -0.116. The van der Waals surface area contributed by atoms with E-state index in [1.807, 2.05) is 0 Å². The topological polar surface area (TPSA) is 77.5 Å². The van der Waals surface area contributed by atoms with Crippen LogP contribution in [0.15, 0.2) is 28.4 Å². The highest BCUT2D eigenvalue weighted by Crippen LogP contribution is 2.36. The van der Waals surface area contributed by atoms with Gasteiger partial charge in [0.1, 0.15) is 11.3 Å². The number of hydrogen-bond donors (Lipinski definition) is 0. The Balaban J connectivity index is 2.12. The van der Waals surface area contributed by atoms with E-state index in [2.05, 4.69) is 0 Å². The van der Waals surface area contributed by atoms with Crippen LogP contribution in [0.5, 0.6) is 0 Å². The van der Waals surface area contributed by atoms with Crippen LogP contribution in [0.3, 0.4) is 0 Å². The number of carbonyl (C=O) groups is 2. The Bertz CT molecular complexity index is 851. The van der Waals surface area contributed by atoms with Crippen molar-refractivity contribution in [2.45, 2.75) is 30.6 Å². The number of rotatable bonds is 3. The minimum absolute atomic E-state index is 0.00928. The van der Waals surface area contributed by atoms with Crippen LogP contribution >= 0.6 is 11.6 Å². The second kappa shape index (κ2) is 5.76. The average Bonchev–Trinajstić information content (AvgIpc) is 2.83. The molecular weight excluding hydrogens is 340 g/mol. The number of ether oxygens (including phenoxy) is 1. The summed E-state index contributed by atoms with van der Waals surface area (Å²) < 4.78 is 29.0. The molecule has 7 heteroatoms. The van der Waals surface area contributed by atoms with Crippen LogP contribution in [0.1, 0.15) is 35.2 Å². The summed E-state index contributed by atoms with van der Waals surface area (Å²) in [6, 6.07) is 2.78. The largest absolute Gasteiger partial charge is 0.500 e. The molecule has 2 aliphatic rings. The summed E-state index contributed by atoms with van der Waals surface area (Å²) in [6.45, 7) is 0. The number of benzene rings is 1. The summed E-state index contributed by atoms with van der Waals surface area (Å²) in [4.78, 5) is 25.1. The molecule has 122 valence electrons. The fourth-order valence-corrected chi connectivity index (χ4v) is 5.01. The second-order valence-electron chi connectivity index (χ2n) is 5.58. The van der Waals surface area contributed by atoms with Crippen LogP contribution in [0.2, 0.25) is 5.02 Å². The monoisotopic (exact) mass is 354 g/mol. The molecule has 5 nitrogen and oxygen atoms in total. The standard InChI is InChI=1S/C16H15ClO5S/c1-22-12-4-2-3-11(18)14(12)16(19)10-5-6-13-9(15(10)17)7-8-23(13,20)21/h5-6H,2-4,7-8H2,1H3. The highest BCUT2D eigenvalue weighted by molar-refractivity contribution is 7.91. The normalized spacial score (nSPS) is 19.7. The van der Waals surface area contributed by atoms with Crippen LogP contribution in [0, 0.1) is 0 Å². The highest BCUT2D eigenvalue weighted by atomic mass is 35.5. The van der Waals surface area contributed by atoms with Gasteiger partial charge in [0.15, 0.2) is 15.6 Å². The van der Waals surface area contributed by atoms with Gasteiger partial charge in [0.05, 0.1) is 22.8 Å². The summed E-state index contributed by atoms with van der Waals surface area (Å²) in [5.74, 6) is -0.397. The van der Waals surface area contributed by atoms with Crippen molar-refractivity contribution in [1.82, 2.24) is 0 Å². The van der Waals surface area contributed by atoms with Gasteiger partial charge in [-0.25, -0.2) is 8.42 Å². The molecule has 0 unspecified atom stereocenters. The van der Waals surface area contributed by atoms with E-state index < -0.39 is 15.6 Å². The first-order valence-corrected chi connectivity index (χ1v) is 9.29. The molecule has 0 fully saturated rings. The van der Waals surface area contributed by atoms with Crippen molar-refractivity contribution in [3.63, 3.8) is 0 Å². The molecule has 0 spiro atoms. The van der Waals surface area contributed by atoms with Crippen molar-refractivity contribution < 1.29 is 22.7 Å². The third-order valence-electron chi connectivity index (χ3n) is 4.24. The first-order valence-electron chi connectivity index (χ1n) is 7.26. The molecule has 3 rings (SSSR count). The van der Waals surface area contributed by atoms with Gasteiger partial charge in [-0.1, -0.05) is 11.6 Å². The van der Waals surface area contributed by atoms with Crippen molar-refractivity contribution in [2.75, 3.05) is 12.9 Å². The molecule has 1 aromatic rings. The van der Waals surface area contributed by atoms with Crippen molar-refractivity contribution in [3.8, 4) is 0 Å². The molecule has 1 heterocycles. The Kier molecular flexibility index (Phi) is 4.06. The number of carbonyl (C=O) groups excluding carboxylic acids is 2. The number of methoxy groups -OCH3 is 1. The summed E-state index contributed by atoms with van der Waals surface area (Å²) in [6.07, 6.45) is 1.75. The summed E-state index contributed by atoms with van der Waals surface area (Å²) in [5.41, 5.74) is 0.643. The number of allylic oxidation sites excluding steroid dienone is 2. The number of ketones is 2. The molecule has 0 saturated heterocycles. The first-order chi connectivity index (χ1) is 10.9. The van der Waals surface area contributed by atoms with Gasteiger partial charge < -0.3 is 4.74 Å². The number of sulfone groups is 1. The zero-order valence-corrected chi connectivity index (χ0v) is 14.1. The molecule has 1 aliphatic carbocycles. The van der Waals surface area contributed by atoms with Crippen LogP contribution in [0.25, 0.3) is 0 Å². The molecule has 0 saturated carbocycles. The maximum absolute atomic E-state index is 12.8. The number of Topliss-reactive ketones (excluding diaryl/α,β-unsaturated/α-hetero) is 2. The molecule has 0 atom stereocenters. The molecule has 0 N–H and O–H groups in total. The van der Waals surface area contributed by atoms with E-state index in [0.29, 0.717) is 30.6 Å². The minimum atomic E-state index is -3.32. The van der Waals surface area contributed by atoms with E-state index >= 15 is 0 Å². The lowest BCUT2D eigenvalue weighted by Gasteiger charge is -2.18. The lowest BCUT2D eigenvalue weighted by Crippen LogP contribution is -2.21. The van der Waals surface area contributed by atoms with Gasteiger partial charge >= 0.3 is 0 Å².